The quantitative estimate of drug-likeness (QED) is 0.544. The predicted molar refractivity (Wildman–Crippen MR) is 51.9 cm³/mol. The molecule has 4 heteroatoms. The Balaban J connectivity index is 3.18. The number of methoxy groups -OCH3 is 1. The van der Waals surface area contributed by atoms with E-state index in [9.17, 15) is 9.90 Å². The molecule has 0 saturated carbocycles. The van der Waals surface area contributed by atoms with Gasteiger partial charge in [-0.1, -0.05) is 5.92 Å². The van der Waals surface area contributed by atoms with Gasteiger partial charge in [-0.15, -0.1) is 0 Å². The highest BCUT2D eigenvalue weighted by Gasteiger charge is 2.11. The molecule has 0 saturated heterocycles. The van der Waals surface area contributed by atoms with E-state index in [2.05, 4.69) is 16.6 Å². The Hall–Kier alpha value is -2.46. The highest BCUT2D eigenvalue weighted by atomic mass is 16.5. The summed E-state index contributed by atoms with van der Waals surface area (Å²) in [6.45, 7) is 0. The van der Waals surface area contributed by atoms with Crippen molar-refractivity contribution in [2.24, 2.45) is 0 Å². The molecule has 0 radical (unpaired) electrons. The first-order valence-electron chi connectivity index (χ1n) is 4.00. The molecule has 0 aliphatic rings. The van der Waals surface area contributed by atoms with E-state index in [1.54, 1.807) is 6.07 Å². The van der Waals surface area contributed by atoms with Crippen molar-refractivity contribution in [2.45, 2.75) is 0 Å². The number of aromatic hydroxyl groups is 1. The molecule has 74 valence electrons. The van der Waals surface area contributed by atoms with E-state index in [4.69, 9.17) is 5.26 Å². The molecule has 1 aromatic rings. The van der Waals surface area contributed by atoms with Crippen molar-refractivity contribution >= 4 is 5.97 Å². The molecule has 0 unspecified atom stereocenters. The third-order valence-corrected chi connectivity index (χ3v) is 1.66. The summed E-state index contributed by atoms with van der Waals surface area (Å²) >= 11 is 0. The van der Waals surface area contributed by atoms with Crippen LogP contribution in [0.4, 0.5) is 0 Å². The normalized spacial score (nSPS) is 8.27. The maximum Gasteiger partial charge on any atom is 0.341 e. The minimum Gasteiger partial charge on any atom is -0.507 e. The topological polar surface area (TPSA) is 70.3 Å². The third kappa shape index (κ3) is 2.49. The van der Waals surface area contributed by atoms with Gasteiger partial charge in [0.1, 0.15) is 11.3 Å². The Bertz CT molecular complexity index is 489. The Morgan fingerprint density at radius 2 is 2.27 bits per heavy atom. The summed E-state index contributed by atoms with van der Waals surface area (Å²) < 4.78 is 4.46. The number of nitriles is 1. The van der Waals surface area contributed by atoms with Crippen molar-refractivity contribution in [2.75, 3.05) is 7.11 Å². The molecule has 1 rings (SSSR count). The van der Waals surface area contributed by atoms with Crippen LogP contribution in [0.1, 0.15) is 15.9 Å². The van der Waals surface area contributed by atoms with Gasteiger partial charge < -0.3 is 9.84 Å². The maximum absolute atomic E-state index is 11.2. The summed E-state index contributed by atoms with van der Waals surface area (Å²) in [6, 6.07) is 5.85. The van der Waals surface area contributed by atoms with E-state index < -0.39 is 5.97 Å². The van der Waals surface area contributed by atoms with Crippen molar-refractivity contribution in [1.82, 2.24) is 0 Å². The van der Waals surface area contributed by atoms with Crippen LogP contribution in [0.2, 0.25) is 0 Å². The van der Waals surface area contributed by atoms with Crippen molar-refractivity contribution in [3.8, 4) is 23.7 Å². The number of esters is 1. The average molecular weight is 201 g/mol. The number of hydrogen-bond donors (Lipinski definition) is 1. The first-order valence-corrected chi connectivity index (χ1v) is 4.00. The SMILES string of the molecule is COC(=O)c1cc(C#CC#N)ccc1O. The van der Waals surface area contributed by atoms with E-state index >= 15 is 0 Å². The van der Waals surface area contributed by atoms with E-state index in [1.807, 2.05) is 0 Å². The van der Waals surface area contributed by atoms with Crippen LogP contribution in [0.15, 0.2) is 18.2 Å². The predicted octanol–water partition coefficient (Wildman–Crippen LogP) is 1.05. The summed E-state index contributed by atoms with van der Waals surface area (Å²) in [6.07, 6.45) is 0. The van der Waals surface area contributed by atoms with Gasteiger partial charge in [-0.25, -0.2) is 4.79 Å². The van der Waals surface area contributed by atoms with E-state index in [0.29, 0.717) is 5.56 Å². The minimum absolute atomic E-state index is 0.0299. The molecule has 0 fully saturated rings. The first-order chi connectivity index (χ1) is 7.19. The standard InChI is InChI=1S/C11H7NO3/c1-15-11(14)9-7-8(3-2-6-12)4-5-10(9)13/h4-5,7,13H,1H3. The Morgan fingerprint density at radius 1 is 1.53 bits per heavy atom. The van der Waals surface area contributed by atoms with Gasteiger partial charge in [-0.05, 0) is 18.2 Å². The van der Waals surface area contributed by atoms with Crippen LogP contribution in [0.3, 0.4) is 0 Å². The van der Waals surface area contributed by atoms with Crippen LogP contribution >= 0.6 is 0 Å². The number of phenols is 1. The van der Waals surface area contributed by atoms with Gasteiger partial charge in [0.15, 0.2) is 6.07 Å². The molecular weight excluding hydrogens is 194 g/mol. The van der Waals surface area contributed by atoms with E-state index in [-0.39, 0.29) is 11.3 Å². The maximum atomic E-state index is 11.2. The number of nitrogens with zero attached hydrogens (tertiary/aromatic N) is 1. The van der Waals surface area contributed by atoms with Gasteiger partial charge in [0.05, 0.1) is 7.11 Å². The zero-order chi connectivity index (χ0) is 11.3. The van der Waals surface area contributed by atoms with Crippen LogP contribution < -0.4 is 0 Å². The number of phenolic OH excluding ortho intramolecular Hbond substituents is 1. The van der Waals surface area contributed by atoms with Crippen molar-refractivity contribution in [1.29, 1.82) is 5.26 Å². The fourth-order valence-corrected chi connectivity index (χ4v) is 0.987. The van der Waals surface area contributed by atoms with E-state index in [0.717, 1.165) is 0 Å². The van der Waals surface area contributed by atoms with Crippen LogP contribution in [0.5, 0.6) is 5.75 Å². The summed E-state index contributed by atoms with van der Waals surface area (Å²) in [7, 11) is 1.22. The molecular formula is C11H7NO3. The number of carbonyl (C=O) groups excluding carboxylic acids is 1. The second-order valence-corrected chi connectivity index (χ2v) is 2.59. The second-order valence-electron chi connectivity index (χ2n) is 2.59. The molecule has 0 spiro atoms. The smallest absolute Gasteiger partial charge is 0.341 e. The van der Waals surface area contributed by atoms with Gasteiger partial charge in [0, 0.05) is 11.5 Å². The Kier molecular flexibility index (Phi) is 3.32. The molecule has 15 heavy (non-hydrogen) atoms. The molecule has 0 heterocycles. The highest BCUT2D eigenvalue weighted by Crippen LogP contribution is 2.18. The largest absolute Gasteiger partial charge is 0.507 e. The van der Waals surface area contributed by atoms with E-state index in [1.165, 1.54) is 25.3 Å². The molecule has 4 nitrogen and oxygen atoms in total. The van der Waals surface area contributed by atoms with Gasteiger partial charge in [0.2, 0.25) is 0 Å². The lowest BCUT2D eigenvalue weighted by molar-refractivity contribution is 0.0597. The average Bonchev–Trinajstić information content (AvgIpc) is 2.27. The zero-order valence-electron chi connectivity index (χ0n) is 7.94. The summed E-state index contributed by atoms with van der Waals surface area (Å²) in [5.74, 6) is 3.88. The zero-order valence-corrected chi connectivity index (χ0v) is 7.94. The number of benzene rings is 1. The van der Waals surface area contributed by atoms with Crippen LogP contribution in [0.25, 0.3) is 0 Å². The van der Waals surface area contributed by atoms with Gasteiger partial charge in [-0.2, -0.15) is 5.26 Å². The first kappa shape index (κ1) is 10.6. The number of ether oxygens (including phenoxy) is 1. The monoisotopic (exact) mass is 201 g/mol. The second kappa shape index (κ2) is 4.69. The molecule has 0 aliphatic heterocycles. The van der Waals surface area contributed by atoms with Gasteiger partial charge in [-0.3, -0.25) is 0 Å². The lowest BCUT2D eigenvalue weighted by atomic mass is 10.1. The van der Waals surface area contributed by atoms with Crippen LogP contribution in [-0.4, -0.2) is 18.2 Å². The van der Waals surface area contributed by atoms with Gasteiger partial charge >= 0.3 is 5.97 Å². The minimum atomic E-state index is -0.645. The van der Waals surface area contributed by atoms with Crippen LogP contribution in [0, 0.1) is 23.2 Å². The molecule has 0 aromatic heterocycles. The molecule has 0 aliphatic carbocycles. The molecule has 0 bridgehead atoms. The van der Waals surface area contributed by atoms with Crippen LogP contribution in [-0.2, 0) is 4.74 Å². The molecule has 1 N–H and O–H groups in total. The summed E-state index contributed by atoms with van der Waals surface area (Å²) in [5.41, 5.74) is 0.497. The summed E-state index contributed by atoms with van der Waals surface area (Å²) in [5, 5.41) is 17.6. The number of hydrogen-bond acceptors (Lipinski definition) is 4. The Morgan fingerprint density at radius 3 is 2.87 bits per heavy atom. The van der Waals surface area contributed by atoms with Crippen molar-refractivity contribution in [3.63, 3.8) is 0 Å². The molecule has 0 atom stereocenters. The fourth-order valence-electron chi connectivity index (χ4n) is 0.987. The fraction of sp³-hybridized carbons (Fsp3) is 0.0909. The molecule has 0 amide bonds. The van der Waals surface area contributed by atoms with Crippen molar-refractivity contribution in [3.05, 3.63) is 29.3 Å². The Labute approximate surface area is 86.7 Å². The van der Waals surface area contributed by atoms with Crippen molar-refractivity contribution < 1.29 is 14.6 Å². The number of rotatable bonds is 1. The third-order valence-electron chi connectivity index (χ3n) is 1.66. The lowest BCUT2D eigenvalue weighted by Crippen LogP contribution is -2.01. The number of carbonyl (C=O) groups is 1. The lowest BCUT2D eigenvalue weighted by Gasteiger charge is -2.02. The summed E-state index contributed by atoms with van der Waals surface area (Å²) in [4.78, 5) is 11.2. The van der Waals surface area contributed by atoms with Gasteiger partial charge in [0.25, 0.3) is 0 Å². The highest BCUT2D eigenvalue weighted by molar-refractivity contribution is 5.92. The molecule has 1 aromatic carbocycles.